The third kappa shape index (κ3) is 1.22. The predicted molar refractivity (Wildman–Crippen MR) is 44.5 cm³/mol. The van der Waals surface area contributed by atoms with E-state index in [1.807, 2.05) is 0 Å². The van der Waals surface area contributed by atoms with Crippen molar-refractivity contribution < 1.29 is 9.53 Å². The number of rotatable bonds is 1. The van der Waals surface area contributed by atoms with Gasteiger partial charge in [-0.05, 0) is 6.42 Å². The monoisotopic (exact) mass is 165 g/mol. The molecule has 0 aromatic carbocycles. The topological polar surface area (TPSA) is 29.5 Å². The van der Waals surface area contributed by atoms with Crippen molar-refractivity contribution in [3.8, 4) is 0 Å². The first-order valence-electron chi connectivity index (χ1n) is 4.16. The summed E-state index contributed by atoms with van der Waals surface area (Å²) < 4.78 is 4.84. The second-order valence-corrected chi connectivity index (χ2v) is 2.87. The van der Waals surface area contributed by atoms with E-state index in [4.69, 9.17) is 4.74 Å². The van der Waals surface area contributed by atoms with Crippen LogP contribution in [-0.2, 0) is 4.74 Å². The molecule has 1 saturated heterocycles. The first-order chi connectivity index (χ1) is 5.88. The number of nitrogens with zero attached hydrogens (tertiary/aromatic N) is 1. The maximum atomic E-state index is 11.1. The molecule has 1 aliphatic heterocycles. The second kappa shape index (κ2) is 3.01. The van der Waals surface area contributed by atoms with Gasteiger partial charge in [-0.25, -0.2) is 4.79 Å². The molecule has 0 aromatic heterocycles. The van der Waals surface area contributed by atoms with Crippen molar-refractivity contribution in [3.05, 3.63) is 23.9 Å². The third-order valence-electron chi connectivity index (χ3n) is 2.09. The number of hydrogen-bond donors (Lipinski definition) is 0. The summed E-state index contributed by atoms with van der Waals surface area (Å²) >= 11 is 0. The van der Waals surface area contributed by atoms with Gasteiger partial charge in [0, 0.05) is 12.1 Å². The van der Waals surface area contributed by atoms with Gasteiger partial charge in [0.1, 0.15) is 6.61 Å². The molecular formula is C9H11NO2. The van der Waals surface area contributed by atoms with E-state index in [-0.39, 0.29) is 6.09 Å². The fourth-order valence-electron chi connectivity index (χ4n) is 1.46. The fraction of sp³-hybridized carbons (Fsp3) is 0.444. The van der Waals surface area contributed by atoms with Gasteiger partial charge in [-0.3, -0.25) is 4.90 Å². The molecule has 0 radical (unpaired) electrons. The predicted octanol–water partition coefficient (Wildman–Crippen LogP) is 1.67. The Morgan fingerprint density at radius 1 is 1.42 bits per heavy atom. The molecular weight excluding hydrogens is 154 g/mol. The van der Waals surface area contributed by atoms with Crippen LogP contribution in [0, 0.1) is 0 Å². The van der Waals surface area contributed by atoms with Gasteiger partial charge in [0.15, 0.2) is 0 Å². The average molecular weight is 165 g/mol. The van der Waals surface area contributed by atoms with Crippen LogP contribution in [0.15, 0.2) is 23.9 Å². The van der Waals surface area contributed by atoms with Crippen LogP contribution in [0.2, 0.25) is 0 Å². The van der Waals surface area contributed by atoms with E-state index in [1.54, 1.807) is 4.90 Å². The minimum atomic E-state index is -0.198. The number of cyclic esters (lactones) is 1. The Hall–Kier alpha value is -1.25. The summed E-state index contributed by atoms with van der Waals surface area (Å²) in [5, 5.41) is 0. The zero-order valence-corrected chi connectivity index (χ0v) is 6.82. The second-order valence-electron chi connectivity index (χ2n) is 2.87. The molecule has 1 fully saturated rings. The first-order valence-corrected chi connectivity index (χ1v) is 4.16. The zero-order valence-electron chi connectivity index (χ0n) is 6.82. The molecule has 0 atom stereocenters. The fourth-order valence-corrected chi connectivity index (χ4v) is 1.46. The molecule has 1 amide bonds. The number of amides is 1. The van der Waals surface area contributed by atoms with Crippen molar-refractivity contribution >= 4 is 6.09 Å². The van der Waals surface area contributed by atoms with Crippen molar-refractivity contribution in [2.24, 2.45) is 0 Å². The van der Waals surface area contributed by atoms with Crippen LogP contribution in [0.1, 0.15) is 12.8 Å². The SMILES string of the molecule is O=C1OCCN1C1=CCC=CC1. The van der Waals surface area contributed by atoms with Crippen LogP contribution < -0.4 is 0 Å². The van der Waals surface area contributed by atoms with E-state index in [9.17, 15) is 4.79 Å². The van der Waals surface area contributed by atoms with Gasteiger partial charge < -0.3 is 4.74 Å². The number of carbonyl (C=O) groups excluding carboxylic acids is 1. The summed E-state index contributed by atoms with van der Waals surface area (Å²) in [5.41, 5.74) is 1.08. The van der Waals surface area contributed by atoms with E-state index < -0.39 is 0 Å². The molecule has 1 heterocycles. The van der Waals surface area contributed by atoms with Crippen LogP contribution in [0.5, 0.6) is 0 Å². The molecule has 2 rings (SSSR count). The lowest BCUT2D eigenvalue weighted by Crippen LogP contribution is -2.23. The molecule has 12 heavy (non-hydrogen) atoms. The van der Waals surface area contributed by atoms with Gasteiger partial charge in [0.25, 0.3) is 0 Å². The Bertz CT molecular complexity index is 255. The summed E-state index contributed by atoms with van der Waals surface area (Å²) in [6.45, 7) is 1.23. The Labute approximate surface area is 71.3 Å². The molecule has 1 aliphatic carbocycles. The number of carbonyl (C=O) groups is 1. The highest BCUT2D eigenvalue weighted by Crippen LogP contribution is 2.19. The molecule has 0 saturated carbocycles. The van der Waals surface area contributed by atoms with Crippen molar-refractivity contribution in [2.75, 3.05) is 13.2 Å². The van der Waals surface area contributed by atoms with E-state index in [0.29, 0.717) is 13.2 Å². The highest BCUT2D eigenvalue weighted by Gasteiger charge is 2.24. The lowest BCUT2D eigenvalue weighted by atomic mass is 10.1. The largest absolute Gasteiger partial charge is 0.447 e. The minimum absolute atomic E-state index is 0.198. The summed E-state index contributed by atoms with van der Waals surface area (Å²) in [5.74, 6) is 0. The van der Waals surface area contributed by atoms with Crippen LogP contribution in [0.4, 0.5) is 4.79 Å². The van der Waals surface area contributed by atoms with Crippen LogP contribution in [-0.4, -0.2) is 24.1 Å². The van der Waals surface area contributed by atoms with E-state index in [2.05, 4.69) is 18.2 Å². The Balaban J connectivity index is 2.08. The summed E-state index contributed by atoms with van der Waals surface area (Å²) in [6, 6.07) is 0. The molecule has 0 bridgehead atoms. The molecule has 0 N–H and O–H groups in total. The van der Waals surface area contributed by atoms with Gasteiger partial charge in [-0.2, -0.15) is 0 Å². The number of hydrogen-bond acceptors (Lipinski definition) is 2. The first kappa shape index (κ1) is 7.40. The van der Waals surface area contributed by atoms with Crippen LogP contribution in [0.25, 0.3) is 0 Å². The zero-order chi connectivity index (χ0) is 8.39. The molecule has 3 nitrogen and oxygen atoms in total. The standard InChI is InChI=1S/C9H11NO2/c11-9-10(6-7-12-9)8-4-2-1-3-5-8/h1-2,5H,3-4,6-7H2. The van der Waals surface area contributed by atoms with Crippen LogP contribution in [0.3, 0.4) is 0 Å². The van der Waals surface area contributed by atoms with Gasteiger partial charge in [-0.1, -0.05) is 18.2 Å². The Morgan fingerprint density at radius 2 is 2.33 bits per heavy atom. The Morgan fingerprint density at radius 3 is 2.92 bits per heavy atom. The highest BCUT2D eigenvalue weighted by molar-refractivity contribution is 5.71. The van der Waals surface area contributed by atoms with E-state index in [0.717, 1.165) is 18.5 Å². The van der Waals surface area contributed by atoms with Gasteiger partial charge in [0.05, 0.1) is 6.54 Å². The van der Waals surface area contributed by atoms with Crippen molar-refractivity contribution in [1.29, 1.82) is 0 Å². The summed E-state index contributed by atoms with van der Waals surface area (Å²) in [4.78, 5) is 12.8. The maximum Gasteiger partial charge on any atom is 0.414 e. The molecule has 64 valence electrons. The Kier molecular flexibility index (Phi) is 1.86. The summed E-state index contributed by atoms with van der Waals surface area (Å²) in [7, 11) is 0. The van der Waals surface area contributed by atoms with Gasteiger partial charge >= 0.3 is 6.09 Å². The summed E-state index contributed by atoms with van der Waals surface area (Å²) in [6.07, 6.45) is 7.85. The van der Waals surface area contributed by atoms with Gasteiger partial charge in [0.2, 0.25) is 0 Å². The van der Waals surface area contributed by atoms with Crippen LogP contribution >= 0.6 is 0 Å². The maximum absolute atomic E-state index is 11.1. The lowest BCUT2D eigenvalue weighted by Gasteiger charge is -2.17. The molecule has 0 unspecified atom stereocenters. The van der Waals surface area contributed by atoms with Crippen molar-refractivity contribution in [1.82, 2.24) is 4.90 Å². The number of ether oxygens (including phenoxy) is 1. The van der Waals surface area contributed by atoms with E-state index in [1.165, 1.54) is 0 Å². The molecule has 0 aromatic rings. The molecule has 3 heteroatoms. The smallest absolute Gasteiger partial charge is 0.414 e. The lowest BCUT2D eigenvalue weighted by molar-refractivity contribution is 0.164. The molecule has 0 spiro atoms. The number of allylic oxidation sites excluding steroid dienone is 3. The highest BCUT2D eigenvalue weighted by atomic mass is 16.6. The molecule has 2 aliphatic rings. The van der Waals surface area contributed by atoms with Crippen molar-refractivity contribution in [2.45, 2.75) is 12.8 Å². The van der Waals surface area contributed by atoms with Crippen molar-refractivity contribution in [3.63, 3.8) is 0 Å². The normalized spacial score (nSPS) is 22.5. The quantitative estimate of drug-likeness (QED) is 0.553. The minimum Gasteiger partial charge on any atom is -0.447 e. The third-order valence-corrected chi connectivity index (χ3v) is 2.09. The van der Waals surface area contributed by atoms with E-state index >= 15 is 0 Å². The average Bonchev–Trinajstić information content (AvgIpc) is 2.53. The van der Waals surface area contributed by atoms with Gasteiger partial charge in [-0.15, -0.1) is 0 Å².